The Kier molecular flexibility index (Phi) is 3.85. The summed E-state index contributed by atoms with van der Waals surface area (Å²) in [6.07, 6.45) is 0. The number of carbonyl (C=O) groups excluding carboxylic acids is 1. The van der Waals surface area contributed by atoms with Crippen molar-refractivity contribution in [3.63, 3.8) is 0 Å². The van der Waals surface area contributed by atoms with E-state index in [9.17, 15) is 15.0 Å². The van der Waals surface area contributed by atoms with Crippen molar-refractivity contribution in [1.29, 1.82) is 0 Å². The zero-order chi connectivity index (χ0) is 19.8. The zero-order valence-electron chi connectivity index (χ0n) is 13.8. The summed E-state index contributed by atoms with van der Waals surface area (Å²) < 4.78 is 13.2. The van der Waals surface area contributed by atoms with E-state index >= 15 is 0 Å². The second-order valence-electron chi connectivity index (χ2n) is 6.39. The molecule has 2 aliphatic heterocycles. The minimum Gasteiger partial charge on any atom is -0.508 e. The number of benzene rings is 3. The summed E-state index contributed by atoms with van der Waals surface area (Å²) in [5.41, 5.74) is 0.895. The molecule has 1 spiro atoms. The van der Waals surface area contributed by atoms with Crippen LogP contribution in [0.5, 0.6) is 23.0 Å². The van der Waals surface area contributed by atoms with Gasteiger partial charge in [-0.25, -0.2) is 4.79 Å². The smallest absolute Gasteiger partial charge is 0.340 e. The predicted molar refractivity (Wildman–Crippen MR) is 111 cm³/mol. The standard InChI is InChI=1S/C20H9Br3O5/c21-14-13-18(16(23)17(25)15(14)22)27-12-7-8(24)5-6-11(12)20(13)10-4-2-1-3-9(10)19(26)28-20/h1-7,24-25H. The molecule has 28 heavy (non-hydrogen) atoms. The van der Waals surface area contributed by atoms with Gasteiger partial charge in [-0.1, -0.05) is 18.2 Å². The van der Waals surface area contributed by atoms with Gasteiger partial charge in [0.25, 0.3) is 0 Å². The minimum atomic E-state index is -1.30. The number of hydrogen-bond donors (Lipinski definition) is 2. The molecule has 0 amide bonds. The molecule has 0 aromatic heterocycles. The maximum Gasteiger partial charge on any atom is 0.340 e. The van der Waals surface area contributed by atoms with Crippen molar-refractivity contribution in [3.05, 3.63) is 78.1 Å². The molecular weight excluding hydrogens is 560 g/mol. The third kappa shape index (κ3) is 2.13. The highest BCUT2D eigenvalue weighted by Gasteiger charge is 2.55. The predicted octanol–water partition coefficient (Wildman–Crippen LogP) is 5.95. The number of halogens is 3. The van der Waals surface area contributed by atoms with Crippen molar-refractivity contribution in [2.45, 2.75) is 5.60 Å². The lowest BCUT2D eigenvalue weighted by atomic mass is 9.77. The van der Waals surface area contributed by atoms with Gasteiger partial charge >= 0.3 is 5.97 Å². The fourth-order valence-electron chi connectivity index (χ4n) is 3.77. The summed E-state index contributed by atoms with van der Waals surface area (Å²) in [4.78, 5) is 12.8. The summed E-state index contributed by atoms with van der Waals surface area (Å²) in [5, 5.41) is 20.4. The number of aromatic hydroxyl groups is 2. The van der Waals surface area contributed by atoms with Crippen LogP contribution in [0.4, 0.5) is 0 Å². The van der Waals surface area contributed by atoms with E-state index in [2.05, 4.69) is 47.8 Å². The fourth-order valence-corrected chi connectivity index (χ4v) is 5.56. The second-order valence-corrected chi connectivity index (χ2v) is 8.77. The molecule has 3 aromatic rings. The van der Waals surface area contributed by atoms with Gasteiger partial charge in [0.2, 0.25) is 0 Å². The molecule has 0 fully saturated rings. The number of rotatable bonds is 0. The van der Waals surface area contributed by atoms with Crippen molar-refractivity contribution in [1.82, 2.24) is 0 Å². The minimum absolute atomic E-state index is 0.00600. The first kappa shape index (κ1) is 18.0. The summed E-state index contributed by atoms with van der Waals surface area (Å²) in [6, 6.07) is 11.8. The van der Waals surface area contributed by atoms with Crippen LogP contribution in [0, 0.1) is 0 Å². The van der Waals surface area contributed by atoms with Gasteiger partial charge in [-0.15, -0.1) is 0 Å². The van der Waals surface area contributed by atoms with Crippen LogP contribution in [0.1, 0.15) is 27.0 Å². The van der Waals surface area contributed by atoms with E-state index < -0.39 is 11.6 Å². The van der Waals surface area contributed by atoms with Gasteiger partial charge in [0.1, 0.15) is 21.7 Å². The summed E-state index contributed by atoms with van der Waals surface area (Å²) in [6.45, 7) is 0. The van der Waals surface area contributed by atoms with Crippen molar-refractivity contribution in [3.8, 4) is 23.0 Å². The highest BCUT2D eigenvalue weighted by molar-refractivity contribution is 9.13. The van der Waals surface area contributed by atoms with Crippen LogP contribution < -0.4 is 4.74 Å². The third-order valence-electron chi connectivity index (χ3n) is 4.94. The SMILES string of the molecule is O=C1OC2(c3ccc(O)cc3Oc3c(Br)c(O)c(Br)c(Br)c32)c2ccccc21. The Morgan fingerprint density at radius 1 is 0.893 bits per heavy atom. The lowest BCUT2D eigenvalue weighted by Gasteiger charge is -2.38. The van der Waals surface area contributed by atoms with Gasteiger partial charge in [0, 0.05) is 21.7 Å². The lowest BCUT2D eigenvalue weighted by molar-refractivity contribution is 0.0221. The van der Waals surface area contributed by atoms with Crippen LogP contribution in [0.2, 0.25) is 0 Å². The van der Waals surface area contributed by atoms with E-state index in [0.717, 1.165) is 0 Å². The molecule has 1 unspecified atom stereocenters. The molecule has 0 bridgehead atoms. The molecule has 2 heterocycles. The zero-order valence-corrected chi connectivity index (χ0v) is 18.6. The van der Waals surface area contributed by atoms with E-state index in [4.69, 9.17) is 9.47 Å². The van der Waals surface area contributed by atoms with Gasteiger partial charge in [0.05, 0.1) is 15.6 Å². The van der Waals surface area contributed by atoms with Gasteiger partial charge in [0.15, 0.2) is 11.4 Å². The molecule has 0 saturated carbocycles. The Balaban J connectivity index is 1.99. The van der Waals surface area contributed by atoms with E-state index in [-0.39, 0.29) is 17.2 Å². The van der Waals surface area contributed by atoms with Gasteiger partial charge in [-0.3, -0.25) is 0 Å². The first-order valence-corrected chi connectivity index (χ1v) is 10.5. The normalized spacial score (nSPS) is 18.9. The molecule has 2 N–H and O–H groups in total. The first-order valence-electron chi connectivity index (χ1n) is 8.10. The van der Waals surface area contributed by atoms with Crippen molar-refractivity contribution < 1.29 is 24.5 Å². The highest BCUT2D eigenvalue weighted by atomic mass is 79.9. The second kappa shape index (κ2) is 5.98. The van der Waals surface area contributed by atoms with Crippen LogP contribution in [0.25, 0.3) is 0 Å². The van der Waals surface area contributed by atoms with E-state index in [1.807, 2.05) is 12.1 Å². The number of ether oxygens (including phenoxy) is 2. The summed E-state index contributed by atoms with van der Waals surface area (Å²) >= 11 is 10.3. The quantitative estimate of drug-likeness (QED) is 0.259. The first-order chi connectivity index (χ1) is 13.4. The van der Waals surface area contributed by atoms with Crippen molar-refractivity contribution in [2.24, 2.45) is 0 Å². The monoisotopic (exact) mass is 566 g/mol. The molecule has 0 saturated heterocycles. The number of fused-ring (bicyclic) bond motifs is 6. The van der Waals surface area contributed by atoms with Gasteiger partial charge < -0.3 is 19.7 Å². The van der Waals surface area contributed by atoms with Crippen LogP contribution in [0.3, 0.4) is 0 Å². The molecule has 2 aliphatic rings. The summed E-state index contributed by atoms with van der Waals surface area (Å²) in [7, 11) is 0. The van der Waals surface area contributed by atoms with Crippen molar-refractivity contribution >= 4 is 53.8 Å². The van der Waals surface area contributed by atoms with Crippen LogP contribution in [0.15, 0.2) is 55.9 Å². The third-order valence-corrected chi connectivity index (χ3v) is 7.77. The number of phenols is 2. The maximum atomic E-state index is 12.8. The lowest BCUT2D eigenvalue weighted by Crippen LogP contribution is -2.33. The Morgan fingerprint density at radius 2 is 1.64 bits per heavy atom. The van der Waals surface area contributed by atoms with Crippen LogP contribution in [-0.4, -0.2) is 16.2 Å². The Bertz CT molecular complexity index is 1210. The van der Waals surface area contributed by atoms with Crippen LogP contribution >= 0.6 is 47.8 Å². The Hall–Kier alpha value is -2.03. The maximum absolute atomic E-state index is 12.8. The number of phenolic OH excluding ortho intramolecular Hbond substituents is 2. The van der Waals surface area contributed by atoms with E-state index in [1.54, 1.807) is 18.2 Å². The van der Waals surface area contributed by atoms with Crippen LogP contribution in [-0.2, 0) is 10.3 Å². The topological polar surface area (TPSA) is 76.0 Å². The molecule has 5 nitrogen and oxygen atoms in total. The highest BCUT2D eigenvalue weighted by Crippen LogP contribution is 2.62. The Morgan fingerprint density at radius 3 is 2.43 bits per heavy atom. The molecule has 5 rings (SSSR count). The molecule has 0 radical (unpaired) electrons. The van der Waals surface area contributed by atoms with Crippen molar-refractivity contribution in [2.75, 3.05) is 0 Å². The summed E-state index contributed by atoms with van der Waals surface area (Å²) in [5.74, 6) is 0.0877. The number of carbonyl (C=O) groups is 1. The van der Waals surface area contributed by atoms with E-state index in [1.165, 1.54) is 12.1 Å². The van der Waals surface area contributed by atoms with Gasteiger partial charge in [-0.05, 0) is 66.0 Å². The van der Waals surface area contributed by atoms with E-state index in [0.29, 0.717) is 41.4 Å². The molecular formula is C20H9Br3O5. The Labute approximate surface area is 184 Å². The molecule has 3 aromatic carbocycles. The fraction of sp³-hybridized carbons (Fsp3) is 0.0500. The average Bonchev–Trinajstić information content (AvgIpc) is 2.97. The molecule has 0 aliphatic carbocycles. The molecule has 140 valence electrons. The number of hydrogen-bond acceptors (Lipinski definition) is 5. The molecule has 8 heteroatoms. The van der Waals surface area contributed by atoms with Gasteiger partial charge in [-0.2, -0.15) is 0 Å². The average molecular weight is 569 g/mol. The molecule has 1 atom stereocenters. The largest absolute Gasteiger partial charge is 0.508 e. The number of esters is 1.